The van der Waals surface area contributed by atoms with E-state index in [2.05, 4.69) is 5.32 Å². The Bertz CT molecular complexity index is 958. The van der Waals surface area contributed by atoms with Crippen LogP contribution in [0, 0.1) is 10.1 Å². The second-order valence-corrected chi connectivity index (χ2v) is 8.16. The van der Waals surface area contributed by atoms with Crippen LogP contribution in [0.5, 0.6) is 0 Å². The quantitative estimate of drug-likeness (QED) is 0.535. The summed E-state index contributed by atoms with van der Waals surface area (Å²) in [7, 11) is -3.87. The van der Waals surface area contributed by atoms with Gasteiger partial charge >= 0.3 is 0 Å². The predicted molar refractivity (Wildman–Crippen MR) is 109 cm³/mol. The van der Waals surface area contributed by atoms with Gasteiger partial charge in [-0.05, 0) is 36.6 Å². The van der Waals surface area contributed by atoms with E-state index in [1.807, 2.05) is 19.1 Å². The van der Waals surface area contributed by atoms with Gasteiger partial charge in [-0.15, -0.1) is 0 Å². The summed E-state index contributed by atoms with van der Waals surface area (Å²) in [6, 6.07) is 11.4. The second-order valence-electron chi connectivity index (χ2n) is 6.30. The minimum Gasteiger partial charge on any atom is -0.324 e. The van der Waals surface area contributed by atoms with E-state index in [-0.39, 0.29) is 17.8 Å². The smallest absolute Gasteiger partial charge is 0.271 e. The van der Waals surface area contributed by atoms with Crippen LogP contribution in [0.15, 0.2) is 48.5 Å². The maximum absolute atomic E-state index is 12.8. The van der Waals surface area contributed by atoms with Crippen LogP contribution >= 0.6 is 0 Å². The third kappa shape index (κ3) is 5.07. The number of anilines is 2. The van der Waals surface area contributed by atoms with Crippen molar-refractivity contribution in [3.05, 3.63) is 64.2 Å². The number of hydrogen-bond donors (Lipinski definition) is 1. The highest BCUT2D eigenvalue weighted by Crippen LogP contribution is 2.27. The lowest BCUT2D eigenvalue weighted by Crippen LogP contribution is -2.47. The molecule has 0 unspecified atom stereocenters. The first kappa shape index (κ1) is 21.4. The summed E-state index contributed by atoms with van der Waals surface area (Å²) in [5.74, 6) is -0.510. The van der Waals surface area contributed by atoms with Crippen molar-refractivity contribution < 1.29 is 18.1 Å². The van der Waals surface area contributed by atoms with E-state index < -0.39 is 26.9 Å². The Morgan fingerprint density at radius 3 is 2.32 bits per heavy atom. The van der Waals surface area contributed by atoms with Crippen LogP contribution in [-0.4, -0.2) is 31.5 Å². The molecule has 2 aromatic carbocycles. The standard InChI is InChI=1S/C19H23N3O5S/c1-4-14-9-11-15(12-10-14)20-19(23)18(5-2)21(28(3,26)27)16-7-6-8-17(13-16)22(24)25/h6-13,18H,4-5H2,1-3H3,(H,20,23)/t18-/m1/s1. The number of benzene rings is 2. The van der Waals surface area contributed by atoms with Crippen molar-refractivity contribution in [3.8, 4) is 0 Å². The summed E-state index contributed by atoms with van der Waals surface area (Å²) in [6.45, 7) is 3.70. The van der Waals surface area contributed by atoms with Gasteiger partial charge in [-0.2, -0.15) is 0 Å². The molecule has 0 aliphatic carbocycles. The summed E-state index contributed by atoms with van der Waals surface area (Å²) < 4.78 is 25.8. The van der Waals surface area contributed by atoms with Crippen molar-refractivity contribution in [1.29, 1.82) is 0 Å². The van der Waals surface area contributed by atoms with Crippen molar-refractivity contribution in [2.75, 3.05) is 15.9 Å². The first-order valence-electron chi connectivity index (χ1n) is 8.81. The van der Waals surface area contributed by atoms with Crippen LogP contribution in [0.25, 0.3) is 0 Å². The number of nitrogens with one attached hydrogen (secondary N) is 1. The number of rotatable bonds is 8. The van der Waals surface area contributed by atoms with Gasteiger partial charge in [-0.1, -0.05) is 32.0 Å². The highest BCUT2D eigenvalue weighted by molar-refractivity contribution is 7.92. The zero-order valence-corrected chi connectivity index (χ0v) is 16.8. The first-order valence-corrected chi connectivity index (χ1v) is 10.7. The van der Waals surface area contributed by atoms with Crippen LogP contribution in [0.4, 0.5) is 17.1 Å². The number of nitrogens with zero attached hydrogens (tertiary/aromatic N) is 2. The average Bonchev–Trinajstić information content (AvgIpc) is 2.65. The minimum absolute atomic E-state index is 0.0695. The van der Waals surface area contributed by atoms with E-state index in [1.54, 1.807) is 19.1 Å². The molecule has 2 rings (SSSR count). The predicted octanol–water partition coefficient (Wildman–Crippen LogP) is 3.34. The second kappa shape index (κ2) is 8.83. The normalized spacial score (nSPS) is 12.2. The molecule has 1 atom stereocenters. The molecule has 150 valence electrons. The average molecular weight is 405 g/mol. The summed E-state index contributed by atoms with van der Waals surface area (Å²) in [5.41, 5.74) is 1.48. The van der Waals surface area contributed by atoms with Gasteiger partial charge in [-0.25, -0.2) is 8.42 Å². The zero-order valence-electron chi connectivity index (χ0n) is 16.0. The molecule has 28 heavy (non-hydrogen) atoms. The van der Waals surface area contributed by atoms with Gasteiger partial charge in [0, 0.05) is 17.8 Å². The van der Waals surface area contributed by atoms with Gasteiger partial charge < -0.3 is 5.32 Å². The molecule has 2 aromatic rings. The fourth-order valence-corrected chi connectivity index (χ4v) is 4.06. The molecule has 0 saturated carbocycles. The zero-order chi connectivity index (χ0) is 20.9. The van der Waals surface area contributed by atoms with Crippen LogP contribution in [0.2, 0.25) is 0 Å². The van der Waals surface area contributed by atoms with Gasteiger partial charge in [0.2, 0.25) is 15.9 Å². The number of nitro groups is 1. The van der Waals surface area contributed by atoms with Crippen LogP contribution < -0.4 is 9.62 Å². The van der Waals surface area contributed by atoms with Gasteiger partial charge in [0.25, 0.3) is 5.69 Å². The molecule has 0 heterocycles. The Morgan fingerprint density at radius 1 is 1.18 bits per heavy atom. The maximum Gasteiger partial charge on any atom is 0.271 e. The molecular weight excluding hydrogens is 382 g/mol. The molecule has 0 aliphatic rings. The SMILES string of the molecule is CCc1ccc(NC(=O)[C@@H](CC)N(c2cccc([N+](=O)[O-])c2)S(C)(=O)=O)cc1. The third-order valence-electron chi connectivity index (χ3n) is 4.25. The molecule has 0 saturated heterocycles. The lowest BCUT2D eigenvalue weighted by atomic mass is 10.1. The lowest BCUT2D eigenvalue weighted by Gasteiger charge is -2.30. The minimum atomic E-state index is -3.87. The van der Waals surface area contributed by atoms with Crippen molar-refractivity contribution in [2.24, 2.45) is 0 Å². The highest BCUT2D eigenvalue weighted by atomic mass is 32.2. The van der Waals surface area contributed by atoms with Crippen LogP contribution in [0.3, 0.4) is 0 Å². The van der Waals surface area contributed by atoms with E-state index >= 15 is 0 Å². The summed E-state index contributed by atoms with van der Waals surface area (Å²) >= 11 is 0. The lowest BCUT2D eigenvalue weighted by molar-refractivity contribution is -0.384. The Labute approximate surface area is 164 Å². The molecule has 9 heteroatoms. The van der Waals surface area contributed by atoms with Crippen molar-refractivity contribution in [3.63, 3.8) is 0 Å². The van der Waals surface area contributed by atoms with Gasteiger partial charge in [0.05, 0.1) is 16.9 Å². The topological polar surface area (TPSA) is 110 Å². The Hall–Kier alpha value is -2.94. The molecular formula is C19H23N3O5S. The maximum atomic E-state index is 12.8. The van der Waals surface area contributed by atoms with E-state index in [0.717, 1.165) is 28.6 Å². The molecule has 0 bridgehead atoms. The molecule has 0 aromatic heterocycles. The van der Waals surface area contributed by atoms with Gasteiger partial charge in [0.15, 0.2) is 0 Å². The van der Waals surface area contributed by atoms with E-state index in [4.69, 9.17) is 0 Å². The fourth-order valence-electron chi connectivity index (χ4n) is 2.85. The summed E-state index contributed by atoms with van der Waals surface area (Å²) in [5, 5.41) is 13.8. The molecule has 0 fully saturated rings. The van der Waals surface area contributed by atoms with Gasteiger partial charge in [0.1, 0.15) is 6.04 Å². The van der Waals surface area contributed by atoms with Crippen LogP contribution in [-0.2, 0) is 21.2 Å². The van der Waals surface area contributed by atoms with E-state index in [9.17, 15) is 23.3 Å². The Morgan fingerprint density at radius 2 is 1.82 bits per heavy atom. The fraction of sp³-hybridized carbons (Fsp3) is 0.316. The van der Waals surface area contributed by atoms with Crippen molar-refractivity contribution in [1.82, 2.24) is 0 Å². The molecule has 1 amide bonds. The molecule has 0 spiro atoms. The number of nitro benzene ring substituents is 1. The number of aryl methyl sites for hydroxylation is 1. The Balaban J connectivity index is 2.38. The third-order valence-corrected chi connectivity index (χ3v) is 5.43. The molecule has 0 radical (unpaired) electrons. The number of amides is 1. The number of carbonyl (C=O) groups is 1. The van der Waals surface area contributed by atoms with E-state index in [0.29, 0.717) is 5.69 Å². The summed E-state index contributed by atoms with van der Waals surface area (Å²) in [4.78, 5) is 23.3. The monoisotopic (exact) mass is 405 g/mol. The van der Waals surface area contributed by atoms with Crippen molar-refractivity contribution in [2.45, 2.75) is 32.7 Å². The highest BCUT2D eigenvalue weighted by Gasteiger charge is 2.32. The number of carbonyl (C=O) groups excluding carboxylic acids is 1. The number of hydrogen-bond acceptors (Lipinski definition) is 5. The summed E-state index contributed by atoms with van der Waals surface area (Å²) in [6.07, 6.45) is 2.02. The number of sulfonamides is 1. The van der Waals surface area contributed by atoms with Crippen molar-refractivity contribution >= 4 is 33.0 Å². The molecule has 1 N–H and O–H groups in total. The molecule has 8 nitrogen and oxygen atoms in total. The first-order chi connectivity index (χ1) is 13.2. The van der Waals surface area contributed by atoms with E-state index in [1.165, 1.54) is 18.2 Å². The molecule has 0 aliphatic heterocycles. The largest absolute Gasteiger partial charge is 0.324 e. The Kier molecular flexibility index (Phi) is 6.74. The van der Waals surface area contributed by atoms with Crippen LogP contribution in [0.1, 0.15) is 25.8 Å². The number of non-ortho nitro benzene ring substituents is 1. The van der Waals surface area contributed by atoms with Gasteiger partial charge in [-0.3, -0.25) is 19.2 Å².